The standard InChI is InChI=1S/C35H38ClF2N7O2/c1-21-5-6-26-24(16-39-42-26)27(21)28-25(36)15-23-30(29(28)38)40-33(47-20-35(7-8-35)17-43-11-3-4-12-43)41-31(23)44-13-9-34(10-14-44)18-45(19-34)32(46)22(2)37/h5-6,15-16H,2-4,7-14,17-20H2,1H3,(H,39,42). The molecule has 1 aliphatic carbocycles. The molecule has 47 heavy (non-hydrogen) atoms. The number of nitrogens with zero attached hydrogens (tertiary/aromatic N) is 6. The number of anilines is 1. The number of hydrogen-bond acceptors (Lipinski definition) is 7. The second-order valence-corrected chi connectivity index (χ2v) is 14.6. The van der Waals surface area contributed by atoms with Crippen LogP contribution in [0.25, 0.3) is 32.9 Å². The van der Waals surface area contributed by atoms with E-state index in [0.717, 1.165) is 61.8 Å². The normalized spacial score (nSPS) is 20.3. The van der Waals surface area contributed by atoms with E-state index in [1.807, 2.05) is 19.1 Å². The summed E-state index contributed by atoms with van der Waals surface area (Å²) in [6.45, 7) is 11.1. The minimum Gasteiger partial charge on any atom is -0.463 e. The van der Waals surface area contributed by atoms with Crippen LogP contribution in [0.4, 0.5) is 14.6 Å². The zero-order chi connectivity index (χ0) is 32.5. The van der Waals surface area contributed by atoms with Crippen molar-refractivity contribution in [3.63, 3.8) is 0 Å². The number of halogens is 3. The van der Waals surface area contributed by atoms with Crippen LogP contribution in [-0.4, -0.2) is 88.3 Å². The summed E-state index contributed by atoms with van der Waals surface area (Å²) >= 11 is 6.94. The molecule has 4 aromatic rings. The number of nitrogens with one attached hydrogen (secondary N) is 1. The number of aromatic amines is 1. The van der Waals surface area contributed by atoms with Crippen LogP contribution in [0.1, 0.15) is 44.1 Å². The topological polar surface area (TPSA) is 90.5 Å². The van der Waals surface area contributed by atoms with Crippen molar-refractivity contribution in [1.29, 1.82) is 0 Å². The van der Waals surface area contributed by atoms with Gasteiger partial charge in [-0.25, -0.2) is 8.78 Å². The van der Waals surface area contributed by atoms with E-state index in [4.69, 9.17) is 26.3 Å². The summed E-state index contributed by atoms with van der Waals surface area (Å²) in [5.74, 6) is -1.51. The maximum absolute atomic E-state index is 16.9. The number of aryl methyl sites for hydroxylation is 1. The molecule has 4 aliphatic rings. The Hall–Kier alpha value is -3.83. The van der Waals surface area contributed by atoms with E-state index in [2.05, 4.69) is 26.6 Å². The number of ether oxygens (including phenoxy) is 1. The van der Waals surface area contributed by atoms with Gasteiger partial charge >= 0.3 is 6.01 Å². The number of aromatic nitrogens is 4. The number of H-pyrrole nitrogens is 1. The van der Waals surface area contributed by atoms with Gasteiger partial charge in [-0.3, -0.25) is 9.89 Å². The van der Waals surface area contributed by atoms with Gasteiger partial charge in [0.25, 0.3) is 5.91 Å². The van der Waals surface area contributed by atoms with Gasteiger partial charge in [-0.15, -0.1) is 0 Å². The summed E-state index contributed by atoms with van der Waals surface area (Å²) in [6, 6.07) is 5.77. The van der Waals surface area contributed by atoms with Crippen molar-refractivity contribution in [1.82, 2.24) is 30.0 Å². The number of amides is 1. The zero-order valence-corrected chi connectivity index (χ0v) is 27.3. The SMILES string of the molecule is C=C(F)C(=O)N1CC2(CCN(c3nc(OCC4(CN5CCCC5)CC4)nc4c(F)c(-c5c(C)ccc6[nH]ncc56)c(Cl)cc34)CC2)C1. The van der Waals surface area contributed by atoms with E-state index in [1.54, 1.807) is 12.3 Å². The lowest BCUT2D eigenvalue weighted by molar-refractivity contribution is -0.142. The predicted octanol–water partition coefficient (Wildman–Crippen LogP) is 6.44. The Balaban J connectivity index is 1.15. The highest BCUT2D eigenvalue weighted by molar-refractivity contribution is 6.35. The first-order chi connectivity index (χ1) is 22.6. The van der Waals surface area contributed by atoms with Crippen LogP contribution in [0.15, 0.2) is 36.8 Å². The number of fused-ring (bicyclic) bond motifs is 2. The molecule has 0 bridgehead atoms. The minimum atomic E-state index is -0.928. The molecule has 8 rings (SSSR count). The van der Waals surface area contributed by atoms with Crippen LogP contribution in [0.5, 0.6) is 6.01 Å². The van der Waals surface area contributed by atoms with Crippen molar-refractivity contribution in [3.8, 4) is 17.1 Å². The van der Waals surface area contributed by atoms with Crippen molar-refractivity contribution in [3.05, 3.63) is 53.2 Å². The molecule has 3 aliphatic heterocycles. The van der Waals surface area contributed by atoms with Crippen molar-refractivity contribution in [2.75, 3.05) is 57.3 Å². The molecule has 0 unspecified atom stereocenters. The van der Waals surface area contributed by atoms with Gasteiger partial charge in [0, 0.05) is 65.5 Å². The summed E-state index contributed by atoms with van der Waals surface area (Å²) < 4.78 is 36.7. The van der Waals surface area contributed by atoms with Crippen LogP contribution in [0, 0.1) is 23.6 Å². The van der Waals surface area contributed by atoms with Crippen LogP contribution >= 0.6 is 11.6 Å². The molecule has 1 saturated carbocycles. The van der Waals surface area contributed by atoms with Gasteiger partial charge in [-0.1, -0.05) is 24.2 Å². The van der Waals surface area contributed by atoms with Gasteiger partial charge in [-0.2, -0.15) is 15.1 Å². The van der Waals surface area contributed by atoms with Crippen LogP contribution in [-0.2, 0) is 4.79 Å². The van der Waals surface area contributed by atoms with Crippen molar-refractivity contribution < 1.29 is 18.3 Å². The Bertz CT molecular complexity index is 1900. The molecule has 9 nitrogen and oxygen atoms in total. The first-order valence-electron chi connectivity index (χ1n) is 16.5. The Morgan fingerprint density at radius 2 is 1.81 bits per heavy atom. The Morgan fingerprint density at radius 1 is 1.06 bits per heavy atom. The van der Waals surface area contributed by atoms with Gasteiger partial charge in [0.2, 0.25) is 0 Å². The number of rotatable bonds is 8. The van der Waals surface area contributed by atoms with Crippen LogP contribution in [0.3, 0.4) is 0 Å². The van der Waals surface area contributed by atoms with Gasteiger partial charge in [0.05, 0.1) is 23.3 Å². The Morgan fingerprint density at radius 3 is 2.51 bits per heavy atom. The van der Waals surface area contributed by atoms with Crippen LogP contribution < -0.4 is 9.64 Å². The maximum atomic E-state index is 16.9. The van der Waals surface area contributed by atoms with Gasteiger partial charge in [-0.05, 0) is 76.2 Å². The monoisotopic (exact) mass is 661 g/mol. The molecule has 2 aromatic carbocycles. The first kappa shape index (κ1) is 30.5. The highest BCUT2D eigenvalue weighted by atomic mass is 35.5. The molecule has 1 N–H and O–H groups in total. The summed E-state index contributed by atoms with van der Waals surface area (Å²) in [5.41, 5.74) is 2.77. The number of piperidine rings is 1. The van der Waals surface area contributed by atoms with E-state index in [-0.39, 0.29) is 32.9 Å². The van der Waals surface area contributed by atoms with Crippen molar-refractivity contribution >= 4 is 45.1 Å². The minimum absolute atomic E-state index is 0.0748. The van der Waals surface area contributed by atoms with Gasteiger partial charge in [0.1, 0.15) is 11.3 Å². The van der Waals surface area contributed by atoms with E-state index in [0.29, 0.717) is 49.6 Å². The lowest BCUT2D eigenvalue weighted by Gasteiger charge is -2.54. The Kier molecular flexibility index (Phi) is 7.40. The molecular formula is C35H38ClF2N7O2. The lowest BCUT2D eigenvalue weighted by Crippen LogP contribution is -2.62. The average molecular weight is 662 g/mol. The molecule has 0 atom stereocenters. The Labute approximate surface area is 276 Å². The third-order valence-corrected chi connectivity index (χ3v) is 11.1. The average Bonchev–Trinajstić information content (AvgIpc) is 3.36. The fourth-order valence-electron chi connectivity index (χ4n) is 7.90. The molecule has 0 radical (unpaired) electrons. The molecule has 12 heteroatoms. The van der Waals surface area contributed by atoms with Crippen LogP contribution in [0.2, 0.25) is 5.02 Å². The van der Waals surface area contributed by atoms with E-state index >= 15 is 4.39 Å². The van der Waals surface area contributed by atoms with Crippen molar-refractivity contribution in [2.24, 2.45) is 10.8 Å². The summed E-state index contributed by atoms with van der Waals surface area (Å²) in [5, 5.41) is 8.72. The zero-order valence-electron chi connectivity index (χ0n) is 26.5. The molecule has 1 spiro atoms. The number of carbonyl (C=O) groups excluding carboxylic acids is 1. The fourth-order valence-corrected chi connectivity index (χ4v) is 8.18. The van der Waals surface area contributed by atoms with Crippen molar-refractivity contribution in [2.45, 2.75) is 45.4 Å². The summed E-state index contributed by atoms with van der Waals surface area (Å²) in [7, 11) is 0. The molecule has 1 amide bonds. The largest absolute Gasteiger partial charge is 0.463 e. The molecular weight excluding hydrogens is 624 g/mol. The maximum Gasteiger partial charge on any atom is 0.319 e. The molecule has 3 saturated heterocycles. The highest BCUT2D eigenvalue weighted by Crippen LogP contribution is 2.48. The fraction of sp³-hybridized carbons (Fsp3) is 0.486. The second kappa shape index (κ2) is 11.4. The number of likely N-dealkylation sites (tertiary alicyclic amines) is 2. The third-order valence-electron chi connectivity index (χ3n) is 10.8. The highest BCUT2D eigenvalue weighted by Gasteiger charge is 2.48. The quantitative estimate of drug-likeness (QED) is 0.217. The smallest absolute Gasteiger partial charge is 0.319 e. The molecule has 2 aromatic heterocycles. The van der Waals surface area contributed by atoms with E-state index in [9.17, 15) is 9.18 Å². The number of hydrogen-bond donors (Lipinski definition) is 1. The number of benzene rings is 2. The van der Waals surface area contributed by atoms with Gasteiger partial charge in [0.15, 0.2) is 11.6 Å². The summed E-state index contributed by atoms with van der Waals surface area (Å²) in [4.78, 5) is 27.8. The van der Waals surface area contributed by atoms with E-state index < -0.39 is 17.6 Å². The first-order valence-corrected chi connectivity index (χ1v) is 16.9. The molecule has 5 heterocycles. The van der Waals surface area contributed by atoms with Gasteiger partial charge < -0.3 is 19.4 Å². The second-order valence-electron chi connectivity index (χ2n) is 14.2. The lowest BCUT2D eigenvalue weighted by atomic mass is 9.72. The number of carbonyl (C=O) groups is 1. The summed E-state index contributed by atoms with van der Waals surface area (Å²) in [6.07, 6.45) is 7.92. The predicted molar refractivity (Wildman–Crippen MR) is 178 cm³/mol. The molecule has 246 valence electrons. The molecule has 4 fully saturated rings. The van der Waals surface area contributed by atoms with E-state index in [1.165, 1.54) is 17.7 Å². The third kappa shape index (κ3) is 5.41.